The van der Waals surface area contributed by atoms with Crippen molar-refractivity contribution in [1.82, 2.24) is 4.90 Å². The van der Waals surface area contributed by atoms with Gasteiger partial charge < -0.3 is 4.90 Å². The van der Waals surface area contributed by atoms with Crippen molar-refractivity contribution in [1.29, 1.82) is 0 Å². The van der Waals surface area contributed by atoms with Gasteiger partial charge in [-0.3, -0.25) is 4.79 Å². The Morgan fingerprint density at radius 1 is 1.44 bits per heavy atom. The van der Waals surface area contributed by atoms with Crippen molar-refractivity contribution in [2.45, 2.75) is 26.9 Å². The monoisotopic (exact) mass is 279 g/mol. The van der Waals surface area contributed by atoms with E-state index in [1.165, 1.54) is 11.3 Å². The molecule has 0 fully saturated rings. The summed E-state index contributed by atoms with van der Waals surface area (Å²) in [5, 5.41) is 1.71. The largest absolute Gasteiger partial charge is 0.406 e. The molecule has 1 aromatic heterocycles. The minimum Gasteiger partial charge on any atom is -0.329 e. The highest BCUT2D eigenvalue weighted by Crippen LogP contribution is 2.22. The fourth-order valence-electron chi connectivity index (χ4n) is 1.61. The molecular formula is C12H16F3NOS. The first-order valence-electron chi connectivity index (χ1n) is 5.61. The molecule has 0 atom stereocenters. The summed E-state index contributed by atoms with van der Waals surface area (Å²) in [6, 6.07) is 1.74. The van der Waals surface area contributed by atoms with Gasteiger partial charge in [0.25, 0.3) is 5.91 Å². The van der Waals surface area contributed by atoms with Gasteiger partial charge in [-0.1, -0.05) is 13.8 Å². The minimum atomic E-state index is -4.37. The summed E-state index contributed by atoms with van der Waals surface area (Å²) in [6.45, 7) is 4.22. The molecule has 0 bridgehead atoms. The Morgan fingerprint density at radius 3 is 2.44 bits per heavy atom. The molecular weight excluding hydrogens is 263 g/mol. The van der Waals surface area contributed by atoms with E-state index in [1.54, 1.807) is 32.2 Å². The number of carbonyl (C=O) groups excluding carboxylic acids is 1. The van der Waals surface area contributed by atoms with Crippen LogP contribution in [0.1, 0.15) is 29.1 Å². The van der Waals surface area contributed by atoms with Gasteiger partial charge in [-0.05, 0) is 29.9 Å². The van der Waals surface area contributed by atoms with E-state index in [4.69, 9.17) is 0 Å². The van der Waals surface area contributed by atoms with E-state index in [0.29, 0.717) is 4.88 Å². The topological polar surface area (TPSA) is 20.3 Å². The SMILES string of the molecule is Cc1ccsc1C(=O)N(CC(C)C)CC(F)(F)F. The lowest BCUT2D eigenvalue weighted by atomic mass is 10.2. The van der Waals surface area contributed by atoms with Gasteiger partial charge in [0.2, 0.25) is 0 Å². The van der Waals surface area contributed by atoms with E-state index >= 15 is 0 Å². The zero-order valence-electron chi connectivity index (χ0n) is 10.5. The first-order valence-corrected chi connectivity index (χ1v) is 6.49. The van der Waals surface area contributed by atoms with Crippen molar-refractivity contribution >= 4 is 17.2 Å². The number of alkyl halides is 3. The smallest absolute Gasteiger partial charge is 0.329 e. The number of nitrogens with zero attached hydrogens (tertiary/aromatic N) is 1. The fraction of sp³-hybridized carbons (Fsp3) is 0.583. The van der Waals surface area contributed by atoms with Gasteiger partial charge in [0.1, 0.15) is 6.54 Å². The van der Waals surface area contributed by atoms with Gasteiger partial charge in [-0.15, -0.1) is 11.3 Å². The average Bonchev–Trinajstić information content (AvgIpc) is 2.59. The maximum Gasteiger partial charge on any atom is 0.406 e. The molecule has 0 aliphatic heterocycles. The summed E-state index contributed by atoms with van der Waals surface area (Å²) in [5.41, 5.74) is 0.723. The third-order valence-electron chi connectivity index (χ3n) is 2.30. The van der Waals surface area contributed by atoms with Crippen molar-refractivity contribution in [2.24, 2.45) is 5.92 Å². The summed E-state index contributed by atoms with van der Waals surface area (Å²) < 4.78 is 37.4. The molecule has 0 aliphatic rings. The number of hydrogen-bond donors (Lipinski definition) is 0. The Balaban J connectivity index is 2.89. The second kappa shape index (κ2) is 5.73. The van der Waals surface area contributed by atoms with Crippen molar-refractivity contribution in [3.8, 4) is 0 Å². The molecule has 1 heterocycles. The molecule has 2 nitrogen and oxygen atoms in total. The molecule has 0 saturated carbocycles. The second-order valence-electron chi connectivity index (χ2n) is 4.63. The molecule has 6 heteroatoms. The number of aryl methyl sites for hydroxylation is 1. The Labute approximate surface area is 108 Å². The highest BCUT2D eigenvalue weighted by Gasteiger charge is 2.34. The van der Waals surface area contributed by atoms with Gasteiger partial charge in [-0.2, -0.15) is 13.2 Å². The average molecular weight is 279 g/mol. The lowest BCUT2D eigenvalue weighted by Crippen LogP contribution is -2.41. The Bertz CT molecular complexity index is 412. The van der Waals surface area contributed by atoms with E-state index in [0.717, 1.165) is 10.5 Å². The van der Waals surface area contributed by atoms with Crippen LogP contribution >= 0.6 is 11.3 Å². The minimum absolute atomic E-state index is 0.00318. The third kappa shape index (κ3) is 4.33. The molecule has 0 aromatic carbocycles. The molecule has 0 aliphatic carbocycles. The second-order valence-corrected chi connectivity index (χ2v) is 5.54. The van der Waals surface area contributed by atoms with Gasteiger partial charge in [-0.25, -0.2) is 0 Å². The number of amides is 1. The van der Waals surface area contributed by atoms with Crippen LogP contribution in [0.4, 0.5) is 13.2 Å². The number of thiophene rings is 1. The summed E-state index contributed by atoms with van der Waals surface area (Å²) in [7, 11) is 0. The van der Waals surface area contributed by atoms with Crippen molar-refractivity contribution < 1.29 is 18.0 Å². The number of halogens is 3. The summed E-state index contributed by atoms with van der Waals surface area (Å²) >= 11 is 1.18. The predicted molar refractivity (Wildman–Crippen MR) is 65.9 cm³/mol. The molecule has 1 rings (SSSR count). The number of carbonyl (C=O) groups is 1. The highest BCUT2D eigenvalue weighted by atomic mass is 32.1. The van der Waals surface area contributed by atoms with E-state index in [2.05, 4.69) is 0 Å². The summed E-state index contributed by atoms with van der Waals surface area (Å²) in [6.07, 6.45) is -4.37. The standard InChI is InChI=1S/C12H16F3NOS/c1-8(2)6-16(7-12(13,14)15)11(17)10-9(3)4-5-18-10/h4-5,8H,6-7H2,1-3H3. The maximum absolute atomic E-state index is 12.5. The van der Waals surface area contributed by atoms with Gasteiger partial charge in [0.15, 0.2) is 0 Å². The first kappa shape index (κ1) is 15.0. The molecule has 1 amide bonds. The molecule has 1 aromatic rings. The Morgan fingerprint density at radius 2 is 2.06 bits per heavy atom. The molecule has 0 radical (unpaired) electrons. The van der Waals surface area contributed by atoms with Gasteiger partial charge in [0.05, 0.1) is 4.88 Å². The van der Waals surface area contributed by atoms with Crippen LogP contribution in [-0.2, 0) is 0 Å². The Kier molecular flexibility index (Phi) is 4.78. The van der Waals surface area contributed by atoms with E-state index < -0.39 is 18.6 Å². The van der Waals surface area contributed by atoms with Crippen molar-refractivity contribution in [2.75, 3.05) is 13.1 Å². The van der Waals surface area contributed by atoms with Crippen LogP contribution in [-0.4, -0.2) is 30.1 Å². The number of rotatable bonds is 4. The third-order valence-corrected chi connectivity index (χ3v) is 3.30. The normalized spacial score (nSPS) is 11.9. The molecule has 0 N–H and O–H groups in total. The van der Waals surface area contributed by atoms with Gasteiger partial charge >= 0.3 is 6.18 Å². The van der Waals surface area contributed by atoms with E-state index in [9.17, 15) is 18.0 Å². The quantitative estimate of drug-likeness (QED) is 0.822. The van der Waals surface area contributed by atoms with Crippen LogP contribution in [0.3, 0.4) is 0 Å². The number of hydrogen-bond acceptors (Lipinski definition) is 2. The van der Waals surface area contributed by atoms with Crippen molar-refractivity contribution in [3.05, 3.63) is 21.9 Å². The fourth-order valence-corrected chi connectivity index (χ4v) is 2.50. The van der Waals surface area contributed by atoms with E-state index in [1.807, 2.05) is 0 Å². The molecule has 18 heavy (non-hydrogen) atoms. The van der Waals surface area contributed by atoms with Crippen molar-refractivity contribution in [3.63, 3.8) is 0 Å². The van der Waals surface area contributed by atoms with Crippen LogP contribution in [0.2, 0.25) is 0 Å². The zero-order chi connectivity index (χ0) is 13.9. The zero-order valence-corrected chi connectivity index (χ0v) is 11.4. The van der Waals surface area contributed by atoms with Crippen LogP contribution in [0.25, 0.3) is 0 Å². The van der Waals surface area contributed by atoms with Crippen LogP contribution in [0.15, 0.2) is 11.4 Å². The highest BCUT2D eigenvalue weighted by molar-refractivity contribution is 7.12. The van der Waals surface area contributed by atoms with E-state index in [-0.39, 0.29) is 12.5 Å². The summed E-state index contributed by atoms with van der Waals surface area (Å²) in [5.74, 6) is -0.537. The van der Waals surface area contributed by atoms with Crippen LogP contribution < -0.4 is 0 Å². The molecule has 0 saturated heterocycles. The van der Waals surface area contributed by atoms with Gasteiger partial charge in [0, 0.05) is 6.54 Å². The predicted octanol–water partition coefficient (Wildman–Crippen LogP) is 3.72. The Hall–Kier alpha value is -1.04. The lowest BCUT2D eigenvalue weighted by Gasteiger charge is -2.25. The van der Waals surface area contributed by atoms with Crippen LogP contribution in [0, 0.1) is 12.8 Å². The molecule has 0 unspecified atom stereocenters. The lowest BCUT2D eigenvalue weighted by molar-refractivity contribution is -0.141. The van der Waals surface area contributed by atoms with Crippen LogP contribution in [0.5, 0.6) is 0 Å². The molecule has 0 spiro atoms. The first-order chi connectivity index (χ1) is 8.20. The maximum atomic E-state index is 12.5. The molecule has 102 valence electrons. The summed E-state index contributed by atoms with van der Waals surface area (Å²) in [4.78, 5) is 13.3.